The topological polar surface area (TPSA) is 109 Å². The number of allylic oxidation sites excluding steroid dienone is 1. The lowest BCUT2D eigenvalue weighted by atomic mass is 10.2. The van der Waals surface area contributed by atoms with E-state index in [1.54, 1.807) is 6.07 Å². The van der Waals surface area contributed by atoms with Gasteiger partial charge in [-0.05, 0) is 18.2 Å². The Labute approximate surface area is 146 Å². The van der Waals surface area contributed by atoms with Crippen LogP contribution in [0.2, 0.25) is 0 Å². The van der Waals surface area contributed by atoms with Crippen molar-refractivity contribution in [1.82, 2.24) is 4.98 Å². The van der Waals surface area contributed by atoms with Crippen molar-refractivity contribution in [2.75, 3.05) is 6.61 Å². The van der Waals surface area contributed by atoms with Gasteiger partial charge in [-0.15, -0.1) is 11.3 Å². The molecule has 25 heavy (non-hydrogen) atoms. The molecule has 0 saturated carbocycles. The molecule has 0 amide bonds. The van der Waals surface area contributed by atoms with Crippen LogP contribution in [0, 0.1) is 21.4 Å². The van der Waals surface area contributed by atoms with E-state index in [0.29, 0.717) is 5.01 Å². The van der Waals surface area contributed by atoms with Gasteiger partial charge in [-0.3, -0.25) is 10.1 Å². The standard InChI is InChI=1S/C17H11N3O4S/c18-9-11(17-19-12-5-1-4-8-16(12)25-17)14(21)10-24-15-7-3-2-6-13(15)20(22)23/h1-8,21H,10H2/b14-11-. The number of rotatable bonds is 5. The highest BCUT2D eigenvalue weighted by Crippen LogP contribution is 2.29. The summed E-state index contributed by atoms with van der Waals surface area (Å²) in [5.41, 5.74) is 0.497. The molecular formula is C17H11N3O4S. The maximum Gasteiger partial charge on any atom is 0.310 e. The van der Waals surface area contributed by atoms with Crippen LogP contribution < -0.4 is 4.74 Å². The molecule has 0 aliphatic rings. The van der Waals surface area contributed by atoms with Gasteiger partial charge in [-0.1, -0.05) is 24.3 Å². The molecule has 0 aliphatic carbocycles. The summed E-state index contributed by atoms with van der Waals surface area (Å²) in [7, 11) is 0. The lowest BCUT2D eigenvalue weighted by Crippen LogP contribution is -2.05. The smallest absolute Gasteiger partial charge is 0.310 e. The number of aliphatic hydroxyl groups is 1. The second-order valence-corrected chi connectivity index (χ2v) is 5.96. The van der Waals surface area contributed by atoms with Crippen LogP contribution in [0.5, 0.6) is 5.75 Å². The van der Waals surface area contributed by atoms with Crippen LogP contribution >= 0.6 is 11.3 Å². The SMILES string of the molecule is N#C/C(=C(/O)COc1ccccc1[N+](=O)[O-])c1nc2ccccc2s1. The summed E-state index contributed by atoms with van der Waals surface area (Å²) in [5, 5.41) is 30.9. The van der Waals surface area contributed by atoms with Gasteiger partial charge in [0.15, 0.2) is 11.5 Å². The maximum absolute atomic E-state index is 11.0. The third-order valence-corrected chi connectivity index (χ3v) is 4.39. The van der Waals surface area contributed by atoms with E-state index in [0.717, 1.165) is 10.2 Å². The number of fused-ring (bicyclic) bond motifs is 1. The minimum Gasteiger partial charge on any atom is -0.507 e. The van der Waals surface area contributed by atoms with Crippen LogP contribution in [0.3, 0.4) is 0 Å². The summed E-state index contributed by atoms with van der Waals surface area (Å²) >= 11 is 1.27. The number of thiazole rings is 1. The van der Waals surface area contributed by atoms with Gasteiger partial charge in [0.05, 0.1) is 15.1 Å². The normalized spacial score (nSPS) is 11.6. The van der Waals surface area contributed by atoms with Crippen molar-refractivity contribution in [2.24, 2.45) is 0 Å². The quantitative estimate of drug-likeness (QED) is 0.320. The molecule has 2 aromatic carbocycles. The molecule has 0 radical (unpaired) electrons. The summed E-state index contributed by atoms with van der Waals surface area (Å²) < 4.78 is 6.20. The monoisotopic (exact) mass is 353 g/mol. The number of hydrogen-bond acceptors (Lipinski definition) is 7. The Balaban J connectivity index is 1.88. The van der Waals surface area contributed by atoms with Gasteiger partial charge in [0.25, 0.3) is 0 Å². The summed E-state index contributed by atoms with van der Waals surface area (Å²) in [4.78, 5) is 14.7. The molecule has 0 fully saturated rings. The van der Waals surface area contributed by atoms with Gasteiger partial charge in [0.2, 0.25) is 0 Å². The third-order valence-electron chi connectivity index (χ3n) is 3.33. The van der Waals surface area contributed by atoms with Crippen LogP contribution in [0.4, 0.5) is 5.69 Å². The summed E-state index contributed by atoms with van der Waals surface area (Å²) in [6, 6.07) is 15.1. The van der Waals surface area contributed by atoms with Crippen LogP contribution in [0.15, 0.2) is 54.3 Å². The fourth-order valence-corrected chi connectivity index (χ4v) is 3.15. The molecule has 8 heteroatoms. The number of para-hydroxylation sites is 3. The zero-order valence-electron chi connectivity index (χ0n) is 12.7. The van der Waals surface area contributed by atoms with E-state index in [1.165, 1.54) is 29.5 Å². The Kier molecular flexibility index (Phi) is 4.59. The largest absolute Gasteiger partial charge is 0.507 e. The number of aromatic nitrogens is 1. The van der Waals surface area contributed by atoms with Gasteiger partial charge in [-0.25, -0.2) is 4.98 Å². The summed E-state index contributed by atoms with van der Waals surface area (Å²) in [6.45, 7) is -0.371. The molecule has 1 heterocycles. The van der Waals surface area contributed by atoms with Crippen molar-refractivity contribution in [1.29, 1.82) is 5.26 Å². The molecule has 0 saturated heterocycles. The van der Waals surface area contributed by atoms with E-state index in [2.05, 4.69) is 4.98 Å². The fraction of sp³-hybridized carbons (Fsp3) is 0.0588. The van der Waals surface area contributed by atoms with Crippen LogP contribution in [-0.2, 0) is 0 Å². The van der Waals surface area contributed by atoms with Crippen LogP contribution in [-0.4, -0.2) is 21.6 Å². The van der Waals surface area contributed by atoms with E-state index >= 15 is 0 Å². The van der Waals surface area contributed by atoms with Gasteiger partial charge in [0, 0.05) is 6.07 Å². The minimum atomic E-state index is -0.575. The number of aliphatic hydroxyl groups excluding tert-OH is 1. The van der Waals surface area contributed by atoms with Crippen LogP contribution in [0.25, 0.3) is 15.8 Å². The Bertz CT molecular complexity index is 987. The van der Waals surface area contributed by atoms with Gasteiger partial charge in [0.1, 0.15) is 23.3 Å². The molecule has 0 atom stereocenters. The molecule has 0 spiro atoms. The second kappa shape index (κ2) is 6.98. The van der Waals surface area contributed by atoms with Gasteiger partial charge in [-0.2, -0.15) is 5.26 Å². The predicted octanol–water partition coefficient (Wildman–Crippen LogP) is 4.08. The number of hydrogen-bond donors (Lipinski definition) is 1. The zero-order chi connectivity index (χ0) is 17.8. The van der Waals surface area contributed by atoms with E-state index < -0.39 is 4.92 Å². The Morgan fingerprint density at radius 3 is 2.72 bits per heavy atom. The average Bonchev–Trinajstić information content (AvgIpc) is 3.04. The van der Waals surface area contributed by atoms with Crippen molar-refractivity contribution in [3.63, 3.8) is 0 Å². The minimum absolute atomic E-state index is 0.0141. The van der Waals surface area contributed by atoms with E-state index in [4.69, 9.17) is 4.74 Å². The molecule has 3 aromatic rings. The first-order chi connectivity index (χ1) is 12.1. The second-order valence-electron chi connectivity index (χ2n) is 4.93. The van der Waals surface area contributed by atoms with Crippen molar-refractivity contribution in [3.8, 4) is 11.8 Å². The molecule has 0 unspecified atom stereocenters. The highest BCUT2D eigenvalue weighted by molar-refractivity contribution is 7.19. The molecule has 1 N–H and O–H groups in total. The molecule has 0 bridgehead atoms. The van der Waals surface area contributed by atoms with E-state index in [1.807, 2.05) is 30.3 Å². The molecular weight excluding hydrogens is 342 g/mol. The average molecular weight is 353 g/mol. The van der Waals surface area contributed by atoms with E-state index in [-0.39, 0.29) is 29.4 Å². The summed E-state index contributed by atoms with van der Waals surface area (Å²) in [6.07, 6.45) is 0. The Morgan fingerprint density at radius 2 is 2.00 bits per heavy atom. The van der Waals surface area contributed by atoms with Crippen molar-refractivity contribution in [2.45, 2.75) is 0 Å². The highest BCUT2D eigenvalue weighted by Gasteiger charge is 2.17. The molecule has 3 rings (SSSR count). The van der Waals surface area contributed by atoms with E-state index in [9.17, 15) is 20.5 Å². The molecule has 7 nitrogen and oxygen atoms in total. The first-order valence-corrected chi connectivity index (χ1v) is 7.96. The first-order valence-electron chi connectivity index (χ1n) is 7.14. The van der Waals surface area contributed by atoms with Crippen molar-refractivity contribution < 1.29 is 14.8 Å². The van der Waals surface area contributed by atoms with Gasteiger partial charge < -0.3 is 9.84 Å². The number of benzene rings is 2. The Hall–Kier alpha value is -3.44. The number of nitro benzene ring substituents is 1. The lowest BCUT2D eigenvalue weighted by Gasteiger charge is -2.06. The molecule has 1 aromatic heterocycles. The molecule has 0 aliphatic heterocycles. The Morgan fingerprint density at radius 1 is 1.28 bits per heavy atom. The number of nitro groups is 1. The first kappa shape index (κ1) is 16.4. The number of ether oxygens (including phenoxy) is 1. The number of nitrogens with zero attached hydrogens (tertiary/aromatic N) is 3. The third kappa shape index (κ3) is 3.41. The number of nitriles is 1. The maximum atomic E-state index is 11.0. The van der Waals surface area contributed by atoms with Crippen LogP contribution in [0.1, 0.15) is 5.01 Å². The zero-order valence-corrected chi connectivity index (χ0v) is 13.6. The molecule has 124 valence electrons. The fourth-order valence-electron chi connectivity index (χ4n) is 2.16. The van der Waals surface area contributed by atoms with Gasteiger partial charge >= 0.3 is 5.69 Å². The predicted molar refractivity (Wildman–Crippen MR) is 93.4 cm³/mol. The summed E-state index contributed by atoms with van der Waals surface area (Å²) in [5.74, 6) is -0.319. The van der Waals surface area contributed by atoms with Crippen molar-refractivity contribution in [3.05, 3.63) is 69.4 Å². The highest BCUT2D eigenvalue weighted by atomic mass is 32.1. The van der Waals surface area contributed by atoms with Crippen molar-refractivity contribution >= 4 is 32.8 Å². The lowest BCUT2D eigenvalue weighted by molar-refractivity contribution is -0.385.